The number of carboxylic acids is 1. The summed E-state index contributed by atoms with van der Waals surface area (Å²) in [5.41, 5.74) is 0.496. The first-order valence-electron chi connectivity index (χ1n) is 7.84. The third-order valence-electron chi connectivity index (χ3n) is 3.66. The summed E-state index contributed by atoms with van der Waals surface area (Å²) < 4.78 is 0.425. The largest absolute Gasteiger partial charge is 0.545 e. The minimum Gasteiger partial charge on any atom is -0.545 e. The van der Waals surface area contributed by atoms with E-state index in [1.165, 1.54) is 52.3 Å². The summed E-state index contributed by atoms with van der Waals surface area (Å²) >= 11 is 8.00. The highest BCUT2D eigenvalue weighted by atomic mass is 32.2. The minimum atomic E-state index is -1.28. The molecule has 27 heavy (non-hydrogen) atoms. The SMILES string of the molecule is O=C(CCN1C(=O)/C(=C/c2cccs2)SC1=S)Nc1ccc(C(=O)[O-])cc1. The topological polar surface area (TPSA) is 89.5 Å². The Morgan fingerprint density at radius 2 is 1.96 bits per heavy atom. The van der Waals surface area contributed by atoms with Crippen molar-refractivity contribution in [3.8, 4) is 0 Å². The molecule has 9 heteroatoms. The van der Waals surface area contributed by atoms with E-state index in [0.29, 0.717) is 14.9 Å². The molecule has 0 bridgehead atoms. The molecule has 0 unspecified atom stereocenters. The first-order valence-corrected chi connectivity index (χ1v) is 9.94. The molecule has 0 saturated carbocycles. The number of benzene rings is 1. The number of carbonyl (C=O) groups is 3. The quantitative estimate of drug-likeness (QED) is 0.573. The molecule has 138 valence electrons. The number of carbonyl (C=O) groups excluding carboxylic acids is 3. The smallest absolute Gasteiger partial charge is 0.266 e. The summed E-state index contributed by atoms with van der Waals surface area (Å²) in [5, 5.41) is 15.3. The van der Waals surface area contributed by atoms with Crippen molar-refractivity contribution in [3.63, 3.8) is 0 Å². The van der Waals surface area contributed by atoms with Gasteiger partial charge in [-0.2, -0.15) is 0 Å². The van der Waals surface area contributed by atoms with Crippen LogP contribution in [0.5, 0.6) is 0 Å². The van der Waals surface area contributed by atoms with Crippen LogP contribution in [-0.4, -0.2) is 33.5 Å². The lowest BCUT2D eigenvalue weighted by Crippen LogP contribution is -2.31. The average Bonchev–Trinajstić information content (AvgIpc) is 3.23. The Balaban J connectivity index is 1.56. The van der Waals surface area contributed by atoms with Crippen LogP contribution in [0.3, 0.4) is 0 Å². The summed E-state index contributed by atoms with van der Waals surface area (Å²) in [5.74, 6) is -1.78. The van der Waals surface area contributed by atoms with Crippen molar-refractivity contribution >= 4 is 69.2 Å². The number of thiophene rings is 1. The van der Waals surface area contributed by atoms with E-state index in [9.17, 15) is 19.5 Å². The molecule has 1 aliphatic rings. The Morgan fingerprint density at radius 3 is 2.59 bits per heavy atom. The van der Waals surface area contributed by atoms with Crippen LogP contribution in [-0.2, 0) is 9.59 Å². The van der Waals surface area contributed by atoms with Gasteiger partial charge in [-0.05, 0) is 35.2 Å². The molecular formula is C18H13N2O4S3-. The molecule has 6 nitrogen and oxygen atoms in total. The Labute approximate surface area is 168 Å². The van der Waals surface area contributed by atoms with Crippen LogP contribution in [0.2, 0.25) is 0 Å². The second kappa shape index (κ2) is 8.47. The number of rotatable bonds is 6. The zero-order chi connectivity index (χ0) is 19.4. The van der Waals surface area contributed by atoms with Gasteiger partial charge in [0.1, 0.15) is 4.32 Å². The third kappa shape index (κ3) is 4.82. The standard InChI is InChI=1S/C18H14N2O4S3/c21-15(19-12-5-3-11(4-6-12)17(23)24)7-8-20-16(22)14(27-18(20)25)10-13-2-1-9-26-13/h1-6,9-10H,7-8H2,(H,19,21)(H,23,24)/p-1/b14-10-. The van der Waals surface area contributed by atoms with Crippen molar-refractivity contribution in [3.05, 3.63) is 57.1 Å². The van der Waals surface area contributed by atoms with E-state index in [1.807, 2.05) is 17.5 Å². The molecule has 1 aromatic heterocycles. The van der Waals surface area contributed by atoms with E-state index < -0.39 is 5.97 Å². The number of thioether (sulfide) groups is 1. The summed E-state index contributed by atoms with van der Waals surface area (Å²) in [4.78, 5) is 38.2. The monoisotopic (exact) mass is 417 g/mol. The van der Waals surface area contributed by atoms with E-state index in [0.717, 1.165) is 4.88 Å². The molecule has 1 fully saturated rings. The fourth-order valence-electron chi connectivity index (χ4n) is 2.32. The molecule has 1 aliphatic heterocycles. The number of hydrogen-bond acceptors (Lipinski definition) is 7. The Morgan fingerprint density at radius 1 is 1.22 bits per heavy atom. The Hall–Kier alpha value is -2.49. The number of hydrogen-bond donors (Lipinski definition) is 1. The zero-order valence-electron chi connectivity index (χ0n) is 13.8. The van der Waals surface area contributed by atoms with Gasteiger partial charge in [-0.25, -0.2) is 0 Å². The van der Waals surface area contributed by atoms with E-state index in [2.05, 4.69) is 5.32 Å². The van der Waals surface area contributed by atoms with Gasteiger partial charge in [0.05, 0.1) is 10.9 Å². The van der Waals surface area contributed by atoms with Gasteiger partial charge in [0, 0.05) is 23.5 Å². The number of carboxylic acid groups (broad SMARTS) is 1. The highest BCUT2D eigenvalue weighted by Gasteiger charge is 2.32. The summed E-state index contributed by atoms with van der Waals surface area (Å²) in [6.07, 6.45) is 1.86. The maximum atomic E-state index is 12.5. The average molecular weight is 418 g/mol. The highest BCUT2D eigenvalue weighted by Crippen LogP contribution is 2.33. The van der Waals surface area contributed by atoms with Crippen LogP contribution in [0, 0.1) is 0 Å². The summed E-state index contributed by atoms with van der Waals surface area (Å²) in [6, 6.07) is 9.47. The van der Waals surface area contributed by atoms with Crippen LogP contribution in [0.15, 0.2) is 46.7 Å². The van der Waals surface area contributed by atoms with E-state index in [1.54, 1.807) is 6.08 Å². The van der Waals surface area contributed by atoms with Gasteiger partial charge in [-0.15, -0.1) is 11.3 Å². The number of amides is 2. The van der Waals surface area contributed by atoms with Gasteiger partial charge in [0.15, 0.2) is 0 Å². The van der Waals surface area contributed by atoms with Gasteiger partial charge < -0.3 is 15.2 Å². The van der Waals surface area contributed by atoms with Gasteiger partial charge >= 0.3 is 0 Å². The van der Waals surface area contributed by atoms with Crippen LogP contribution in [0.1, 0.15) is 21.7 Å². The van der Waals surface area contributed by atoms with E-state index in [-0.39, 0.29) is 30.3 Å². The molecule has 0 atom stereocenters. The van der Waals surface area contributed by atoms with Gasteiger partial charge in [0.2, 0.25) is 5.91 Å². The lowest BCUT2D eigenvalue weighted by molar-refractivity contribution is -0.255. The number of nitrogens with one attached hydrogen (secondary N) is 1. The maximum Gasteiger partial charge on any atom is 0.266 e. The fourth-order valence-corrected chi connectivity index (χ4v) is 4.35. The molecule has 3 rings (SSSR count). The Bertz CT molecular complexity index is 921. The van der Waals surface area contributed by atoms with Crippen LogP contribution in [0.25, 0.3) is 6.08 Å². The lowest BCUT2D eigenvalue weighted by atomic mass is 10.2. The van der Waals surface area contributed by atoms with Gasteiger partial charge in [-0.1, -0.05) is 42.2 Å². The third-order valence-corrected chi connectivity index (χ3v) is 5.85. The lowest BCUT2D eigenvalue weighted by Gasteiger charge is -2.14. The number of aromatic carboxylic acids is 1. The highest BCUT2D eigenvalue weighted by molar-refractivity contribution is 8.26. The molecule has 0 spiro atoms. The van der Waals surface area contributed by atoms with Crippen molar-refractivity contribution in [2.24, 2.45) is 0 Å². The van der Waals surface area contributed by atoms with Crippen LogP contribution >= 0.6 is 35.3 Å². The predicted molar refractivity (Wildman–Crippen MR) is 108 cm³/mol. The maximum absolute atomic E-state index is 12.5. The number of nitrogens with zero attached hydrogens (tertiary/aromatic N) is 1. The van der Waals surface area contributed by atoms with E-state index >= 15 is 0 Å². The second-order valence-corrected chi connectivity index (χ2v) is 8.17. The zero-order valence-corrected chi connectivity index (χ0v) is 16.3. The molecule has 1 saturated heterocycles. The van der Waals surface area contributed by atoms with Crippen molar-refractivity contribution < 1.29 is 19.5 Å². The van der Waals surface area contributed by atoms with Gasteiger partial charge in [-0.3, -0.25) is 14.5 Å². The van der Waals surface area contributed by atoms with Crippen molar-refractivity contribution in [2.75, 3.05) is 11.9 Å². The molecular weight excluding hydrogens is 404 g/mol. The summed E-state index contributed by atoms with van der Waals surface area (Å²) in [6.45, 7) is 0.176. The van der Waals surface area contributed by atoms with Crippen molar-refractivity contribution in [1.82, 2.24) is 4.90 Å². The van der Waals surface area contributed by atoms with Gasteiger partial charge in [0.25, 0.3) is 5.91 Å². The normalized spacial score (nSPS) is 15.4. The predicted octanol–water partition coefficient (Wildman–Crippen LogP) is 2.34. The molecule has 0 aliphatic carbocycles. The summed E-state index contributed by atoms with van der Waals surface area (Å²) in [7, 11) is 0. The molecule has 2 aromatic rings. The molecule has 1 N–H and O–H groups in total. The molecule has 1 aromatic carbocycles. The number of anilines is 1. The Kier molecular flexibility index (Phi) is 6.04. The van der Waals surface area contributed by atoms with Crippen LogP contribution < -0.4 is 10.4 Å². The minimum absolute atomic E-state index is 0.0306. The molecule has 2 heterocycles. The first kappa shape index (κ1) is 19.3. The second-order valence-electron chi connectivity index (χ2n) is 5.51. The van der Waals surface area contributed by atoms with E-state index in [4.69, 9.17) is 12.2 Å². The van der Waals surface area contributed by atoms with Crippen LogP contribution in [0.4, 0.5) is 5.69 Å². The molecule has 0 radical (unpaired) electrons. The molecule has 2 amide bonds. The first-order chi connectivity index (χ1) is 12.9. The van der Waals surface area contributed by atoms with Crippen molar-refractivity contribution in [1.29, 1.82) is 0 Å². The fraction of sp³-hybridized carbons (Fsp3) is 0.111. The number of thiocarbonyl (C=S) groups is 1. The van der Waals surface area contributed by atoms with Crippen molar-refractivity contribution in [2.45, 2.75) is 6.42 Å².